The van der Waals surface area contributed by atoms with E-state index >= 15 is 0 Å². The van der Waals surface area contributed by atoms with Crippen LogP contribution in [0.2, 0.25) is 5.02 Å². The van der Waals surface area contributed by atoms with Crippen LogP contribution >= 0.6 is 11.6 Å². The number of nitrogens with zero attached hydrogens (tertiary/aromatic N) is 4. The molecule has 2 heterocycles. The van der Waals surface area contributed by atoms with E-state index in [0.717, 1.165) is 12.8 Å². The number of amides is 1. The number of rotatable bonds is 5. The number of hydrogen-bond acceptors (Lipinski definition) is 7. The quantitative estimate of drug-likeness (QED) is 0.595. The van der Waals surface area contributed by atoms with Gasteiger partial charge < -0.3 is 4.90 Å². The predicted molar refractivity (Wildman–Crippen MR) is 102 cm³/mol. The number of anilines is 2. The summed E-state index contributed by atoms with van der Waals surface area (Å²) < 4.78 is 0. The normalized spacial score (nSPS) is 16.7. The Labute approximate surface area is 160 Å². The Balaban J connectivity index is 1.82. The molecule has 1 aliphatic heterocycles. The number of carbonyl (C=O) groups excluding carboxylic acids is 1. The lowest BCUT2D eigenvalue weighted by atomic mass is 10.0. The summed E-state index contributed by atoms with van der Waals surface area (Å²) in [6.45, 7) is 3.48. The molecule has 0 aliphatic carbocycles. The first kappa shape index (κ1) is 18.8. The molecule has 0 radical (unpaired) electrons. The lowest BCUT2D eigenvalue weighted by Crippen LogP contribution is -2.36. The molecule has 1 fully saturated rings. The summed E-state index contributed by atoms with van der Waals surface area (Å²) in [6, 6.07) is 6.36. The van der Waals surface area contributed by atoms with E-state index in [2.05, 4.69) is 27.7 Å². The molecular weight excluding hydrogens is 372 g/mol. The topological polar surface area (TPSA) is 113 Å². The van der Waals surface area contributed by atoms with Crippen molar-refractivity contribution in [1.29, 1.82) is 0 Å². The lowest BCUT2D eigenvalue weighted by molar-refractivity contribution is -0.383. The second-order valence-electron chi connectivity index (χ2n) is 6.43. The summed E-state index contributed by atoms with van der Waals surface area (Å²) >= 11 is 5.88. The van der Waals surface area contributed by atoms with Gasteiger partial charge in [-0.15, -0.1) is 0 Å². The van der Waals surface area contributed by atoms with E-state index < -0.39 is 10.8 Å². The minimum absolute atomic E-state index is 0.0707. The Morgan fingerprint density at radius 2 is 2.22 bits per heavy atom. The van der Waals surface area contributed by atoms with Crippen molar-refractivity contribution in [1.82, 2.24) is 15.4 Å². The van der Waals surface area contributed by atoms with Gasteiger partial charge in [0.05, 0.1) is 4.92 Å². The smallest absolute Gasteiger partial charge is 0.350 e. The van der Waals surface area contributed by atoms with Gasteiger partial charge in [0.25, 0.3) is 5.91 Å². The zero-order chi connectivity index (χ0) is 19.4. The molecule has 1 aromatic carbocycles. The average Bonchev–Trinajstić information content (AvgIpc) is 2.65. The van der Waals surface area contributed by atoms with Crippen molar-refractivity contribution < 1.29 is 9.72 Å². The summed E-state index contributed by atoms with van der Waals surface area (Å²) in [5.41, 5.74) is 5.01. The van der Waals surface area contributed by atoms with Gasteiger partial charge in [-0.05, 0) is 37.0 Å². The Hall–Kier alpha value is -2.94. The van der Waals surface area contributed by atoms with Crippen molar-refractivity contribution in [3.8, 4) is 0 Å². The zero-order valence-electron chi connectivity index (χ0n) is 14.7. The van der Waals surface area contributed by atoms with Crippen molar-refractivity contribution in [3.63, 3.8) is 0 Å². The number of piperidine rings is 1. The molecule has 1 unspecified atom stereocenters. The van der Waals surface area contributed by atoms with E-state index in [9.17, 15) is 14.9 Å². The molecule has 1 aromatic heterocycles. The van der Waals surface area contributed by atoms with Crippen LogP contribution in [0.25, 0.3) is 0 Å². The highest BCUT2D eigenvalue weighted by atomic mass is 35.5. The molecule has 2 aromatic rings. The molecule has 1 amide bonds. The summed E-state index contributed by atoms with van der Waals surface area (Å²) in [5, 5.41) is 12.1. The number of hydrogen-bond donors (Lipinski definition) is 2. The number of halogens is 1. The van der Waals surface area contributed by atoms with Crippen LogP contribution in [0.5, 0.6) is 0 Å². The molecule has 3 rings (SSSR count). The van der Waals surface area contributed by atoms with Gasteiger partial charge in [-0.1, -0.05) is 24.6 Å². The number of benzene rings is 1. The van der Waals surface area contributed by atoms with Crippen LogP contribution in [0.3, 0.4) is 0 Å². The maximum atomic E-state index is 12.2. The first-order chi connectivity index (χ1) is 13.0. The van der Waals surface area contributed by atoms with Crippen LogP contribution in [0.1, 0.15) is 30.1 Å². The van der Waals surface area contributed by atoms with Crippen molar-refractivity contribution >= 4 is 34.8 Å². The maximum absolute atomic E-state index is 12.2. The standard InChI is InChI=1S/C17H19ClN6O3/c1-11-4-3-7-23(9-11)16-14(24(26)27)15(19-10-20-16)21-22-17(25)12-5-2-6-13(18)8-12/h2,5-6,8,10-11H,3-4,7,9H2,1H3,(H,22,25)(H,19,20,21). The first-order valence-corrected chi connectivity index (χ1v) is 8.89. The monoisotopic (exact) mass is 390 g/mol. The third-order valence-corrected chi connectivity index (χ3v) is 4.56. The van der Waals surface area contributed by atoms with Gasteiger partial charge in [0.1, 0.15) is 6.33 Å². The minimum Gasteiger partial charge on any atom is -0.350 e. The SMILES string of the molecule is CC1CCCN(c2ncnc(NNC(=O)c3cccc(Cl)c3)c2[N+](=O)[O-])C1. The maximum Gasteiger partial charge on any atom is 0.355 e. The number of hydrazine groups is 1. The molecule has 1 saturated heterocycles. The molecular formula is C17H19ClN6O3. The molecule has 0 spiro atoms. The molecule has 1 atom stereocenters. The van der Waals surface area contributed by atoms with Crippen LogP contribution in [-0.4, -0.2) is 33.9 Å². The van der Waals surface area contributed by atoms with Gasteiger partial charge in [-0.2, -0.15) is 0 Å². The predicted octanol–water partition coefficient (Wildman–Crippen LogP) is 3.03. The van der Waals surface area contributed by atoms with E-state index in [1.54, 1.807) is 18.2 Å². The summed E-state index contributed by atoms with van der Waals surface area (Å²) in [7, 11) is 0. The van der Waals surface area contributed by atoms with Crippen LogP contribution in [0.15, 0.2) is 30.6 Å². The highest BCUT2D eigenvalue weighted by Gasteiger charge is 2.29. The summed E-state index contributed by atoms with van der Waals surface area (Å²) in [6.07, 6.45) is 3.27. The Morgan fingerprint density at radius 3 is 2.93 bits per heavy atom. The van der Waals surface area contributed by atoms with E-state index in [1.807, 2.05) is 4.90 Å². The van der Waals surface area contributed by atoms with Crippen LogP contribution in [-0.2, 0) is 0 Å². The second-order valence-corrected chi connectivity index (χ2v) is 6.87. The molecule has 142 valence electrons. The van der Waals surface area contributed by atoms with Crippen LogP contribution in [0.4, 0.5) is 17.3 Å². The summed E-state index contributed by atoms with van der Waals surface area (Å²) in [4.78, 5) is 33.3. The zero-order valence-corrected chi connectivity index (χ0v) is 15.4. The molecule has 27 heavy (non-hydrogen) atoms. The van der Waals surface area contributed by atoms with E-state index in [1.165, 1.54) is 12.4 Å². The lowest BCUT2D eigenvalue weighted by Gasteiger charge is -2.31. The largest absolute Gasteiger partial charge is 0.355 e. The molecule has 1 aliphatic rings. The molecule has 9 nitrogen and oxygen atoms in total. The van der Waals surface area contributed by atoms with Crippen LogP contribution < -0.4 is 15.8 Å². The fourth-order valence-corrected chi connectivity index (χ4v) is 3.25. The van der Waals surface area contributed by atoms with Gasteiger partial charge >= 0.3 is 5.69 Å². The highest BCUT2D eigenvalue weighted by Crippen LogP contribution is 2.33. The molecule has 0 saturated carbocycles. The molecule has 2 N–H and O–H groups in total. The number of carbonyl (C=O) groups is 1. The number of aromatic nitrogens is 2. The van der Waals surface area contributed by atoms with Gasteiger partial charge in [-0.25, -0.2) is 9.97 Å². The highest BCUT2D eigenvalue weighted by molar-refractivity contribution is 6.30. The van der Waals surface area contributed by atoms with Crippen molar-refractivity contribution in [2.45, 2.75) is 19.8 Å². The number of nitro groups is 1. The molecule has 10 heteroatoms. The van der Waals surface area contributed by atoms with Crippen molar-refractivity contribution in [2.75, 3.05) is 23.4 Å². The molecule has 0 bridgehead atoms. The fourth-order valence-electron chi connectivity index (χ4n) is 3.06. The van der Waals surface area contributed by atoms with Gasteiger partial charge in [-0.3, -0.25) is 25.8 Å². The van der Waals surface area contributed by atoms with Gasteiger partial charge in [0.15, 0.2) is 0 Å². The first-order valence-electron chi connectivity index (χ1n) is 8.52. The van der Waals surface area contributed by atoms with E-state index in [4.69, 9.17) is 11.6 Å². The minimum atomic E-state index is -0.539. The van der Waals surface area contributed by atoms with Crippen molar-refractivity contribution in [2.24, 2.45) is 5.92 Å². The summed E-state index contributed by atoms with van der Waals surface area (Å²) in [5.74, 6) is 0.116. The van der Waals surface area contributed by atoms with E-state index in [-0.39, 0.29) is 17.3 Å². The Bertz CT molecular complexity index is 862. The third kappa shape index (κ3) is 4.43. The average molecular weight is 391 g/mol. The number of nitrogens with one attached hydrogen (secondary N) is 2. The third-order valence-electron chi connectivity index (χ3n) is 4.32. The van der Waals surface area contributed by atoms with Crippen LogP contribution in [0, 0.1) is 16.0 Å². The Morgan fingerprint density at radius 1 is 1.41 bits per heavy atom. The van der Waals surface area contributed by atoms with E-state index in [0.29, 0.717) is 29.6 Å². The van der Waals surface area contributed by atoms with Gasteiger partial charge in [0, 0.05) is 23.7 Å². The Kier molecular flexibility index (Phi) is 5.70. The fraction of sp³-hybridized carbons (Fsp3) is 0.353. The van der Waals surface area contributed by atoms with Gasteiger partial charge in [0.2, 0.25) is 11.6 Å². The second kappa shape index (κ2) is 8.17. The van der Waals surface area contributed by atoms with Crippen molar-refractivity contribution in [3.05, 3.63) is 51.3 Å².